The Morgan fingerprint density at radius 1 is 1.50 bits per heavy atom. The predicted molar refractivity (Wildman–Crippen MR) is 51.0 cm³/mol. The summed E-state index contributed by atoms with van der Waals surface area (Å²) in [5.41, 5.74) is 0. The molecule has 12 heavy (non-hydrogen) atoms. The number of ether oxygens (including phenoxy) is 1. The number of allylic oxidation sites excluding steroid dienone is 1. The van der Waals surface area contributed by atoms with E-state index in [1.807, 2.05) is 6.21 Å². The van der Waals surface area contributed by atoms with E-state index >= 15 is 0 Å². The van der Waals surface area contributed by atoms with Gasteiger partial charge in [-0.25, -0.2) is 4.58 Å². The molecular weight excluding hydrogens is 172 g/mol. The molecule has 0 radical (unpaired) electrons. The molecule has 0 bridgehead atoms. The average Bonchev–Trinajstić information content (AvgIpc) is 2.54. The van der Waals surface area contributed by atoms with Crippen LogP contribution < -0.4 is 0 Å². The van der Waals surface area contributed by atoms with Gasteiger partial charge in [-0.2, -0.15) is 0 Å². The van der Waals surface area contributed by atoms with Crippen LogP contribution in [-0.4, -0.2) is 42.3 Å². The Morgan fingerprint density at radius 2 is 2.25 bits per heavy atom. The molecule has 2 aliphatic heterocycles. The van der Waals surface area contributed by atoms with E-state index in [-0.39, 0.29) is 0 Å². The highest BCUT2D eigenvalue weighted by atomic mass is 32.2. The number of morpholine rings is 1. The maximum atomic E-state index is 5.25. The molecule has 2 heterocycles. The SMILES string of the molecule is C=C1C=NC(=[N+]2CCOCC2)S1. The van der Waals surface area contributed by atoms with Gasteiger partial charge in [0.15, 0.2) is 6.21 Å². The Balaban J connectivity index is 2.14. The lowest BCUT2D eigenvalue weighted by Gasteiger charge is -2.13. The van der Waals surface area contributed by atoms with E-state index in [4.69, 9.17) is 4.74 Å². The zero-order valence-corrected chi connectivity index (χ0v) is 7.64. The van der Waals surface area contributed by atoms with Gasteiger partial charge in [0.25, 0.3) is 0 Å². The summed E-state index contributed by atoms with van der Waals surface area (Å²) in [6.07, 6.45) is 1.81. The Hall–Kier alpha value is -0.610. The first kappa shape index (κ1) is 8.01. The Bertz CT molecular complexity index is 262. The number of amidine groups is 1. The summed E-state index contributed by atoms with van der Waals surface area (Å²) in [6.45, 7) is 7.36. The summed E-state index contributed by atoms with van der Waals surface area (Å²) in [5, 5.41) is 1.07. The first-order chi connectivity index (χ1) is 5.86. The van der Waals surface area contributed by atoms with Crippen molar-refractivity contribution in [3.63, 3.8) is 0 Å². The standard InChI is InChI=1S/C8H11N2OS/c1-7-6-9-8(12-7)10-2-4-11-5-3-10/h6H,1-5H2/q+1. The number of hydrogen-bond acceptors (Lipinski definition) is 2. The number of thioether (sulfide) groups is 1. The molecule has 2 rings (SSSR count). The maximum Gasteiger partial charge on any atom is 0.359 e. The van der Waals surface area contributed by atoms with E-state index in [2.05, 4.69) is 16.1 Å². The van der Waals surface area contributed by atoms with E-state index in [0.717, 1.165) is 36.4 Å². The Kier molecular flexibility index (Phi) is 2.28. The van der Waals surface area contributed by atoms with Gasteiger partial charge in [0.1, 0.15) is 13.1 Å². The van der Waals surface area contributed by atoms with E-state index in [9.17, 15) is 0 Å². The van der Waals surface area contributed by atoms with Gasteiger partial charge in [0, 0.05) is 11.8 Å². The molecular formula is C8H11N2OS+. The molecule has 0 amide bonds. The van der Waals surface area contributed by atoms with Crippen LogP contribution in [0, 0.1) is 0 Å². The van der Waals surface area contributed by atoms with Crippen LogP contribution in [0.25, 0.3) is 0 Å². The fourth-order valence-corrected chi connectivity index (χ4v) is 1.96. The highest BCUT2D eigenvalue weighted by Gasteiger charge is 2.22. The minimum absolute atomic E-state index is 0.812. The van der Waals surface area contributed by atoms with E-state index in [1.165, 1.54) is 0 Å². The van der Waals surface area contributed by atoms with Crippen LogP contribution >= 0.6 is 11.8 Å². The van der Waals surface area contributed by atoms with Crippen LogP contribution in [0.3, 0.4) is 0 Å². The molecule has 0 aliphatic carbocycles. The topological polar surface area (TPSA) is 24.6 Å². The molecule has 3 nitrogen and oxygen atoms in total. The van der Waals surface area contributed by atoms with E-state index in [1.54, 1.807) is 11.8 Å². The van der Waals surface area contributed by atoms with Gasteiger partial charge in [0.05, 0.1) is 18.1 Å². The van der Waals surface area contributed by atoms with Crippen molar-refractivity contribution in [2.75, 3.05) is 26.3 Å². The number of nitrogens with zero attached hydrogens (tertiary/aromatic N) is 2. The van der Waals surface area contributed by atoms with Gasteiger partial charge in [0.2, 0.25) is 0 Å². The second-order valence-corrected chi connectivity index (χ2v) is 3.80. The third-order valence-electron chi connectivity index (χ3n) is 1.82. The van der Waals surface area contributed by atoms with E-state index < -0.39 is 0 Å². The van der Waals surface area contributed by atoms with Crippen LogP contribution in [0.4, 0.5) is 0 Å². The highest BCUT2D eigenvalue weighted by molar-refractivity contribution is 8.18. The predicted octanol–water partition coefficient (Wildman–Crippen LogP) is 0.716. The summed E-state index contributed by atoms with van der Waals surface area (Å²) >= 11 is 1.64. The summed E-state index contributed by atoms with van der Waals surface area (Å²) in [5.74, 6) is 0. The average molecular weight is 183 g/mol. The number of rotatable bonds is 0. The van der Waals surface area contributed by atoms with Crippen LogP contribution in [0.5, 0.6) is 0 Å². The van der Waals surface area contributed by atoms with Gasteiger partial charge in [-0.3, -0.25) is 0 Å². The minimum atomic E-state index is 0.812. The molecule has 0 aromatic carbocycles. The fraction of sp³-hybridized carbons (Fsp3) is 0.500. The summed E-state index contributed by atoms with van der Waals surface area (Å²) in [6, 6.07) is 0. The van der Waals surface area contributed by atoms with Crippen molar-refractivity contribution in [1.82, 2.24) is 0 Å². The molecule has 0 saturated carbocycles. The molecule has 1 fully saturated rings. The molecule has 0 aromatic rings. The molecule has 0 N–H and O–H groups in total. The van der Waals surface area contributed by atoms with Gasteiger partial charge in [-0.15, -0.1) is 0 Å². The van der Waals surface area contributed by atoms with Crippen LogP contribution in [-0.2, 0) is 4.74 Å². The van der Waals surface area contributed by atoms with Gasteiger partial charge >= 0.3 is 5.17 Å². The van der Waals surface area contributed by atoms with Gasteiger partial charge < -0.3 is 4.74 Å². The largest absolute Gasteiger partial charge is 0.373 e. The second kappa shape index (κ2) is 3.41. The lowest BCUT2D eigenvalue weighted by Crippen LogP contribution is -2.31. The van der Waals surface area contributed by atoms with Crippen molar-refractivity contribution in [2.45, 2.75) is 0 Å². The molecule has 2 aliphatic rings. The van der Waals surface area contributed by atoms with Crippen molar-refractivity contribution in [3.8, 4) is 0 Å². The molecule has 0 atom stereocenters. The lowest BCUT2D eigenvalue weighted by atomic mass is 10.5. The van der Waals surface area contributed by atoms with Gasteiger partial charge in [-0.1, -0.05) is 6.58 Å². The van der Waals surface area contributed by atoms with Gasteiger partial charge in [-0.05, 0) is 4.99 Å². The highest BCUT2D eigenvalue weighted by Crippen LogP contribution is 2.20. The molecule has 0 spiro atoms. The maximum absolute atomic E-state index is 5.25. The molecule has 0 aromatic heterocycles. The van der Waals surface area contributed by atoms with Crippen LogP contribution in [0.2, 0.25) is 0 Å². The fourth-order valence-electron chi connectivity index (χ4n) is 1.20. The summed E-state index contributed by atoms with van der Waals surface area (Å²) < 4.78 is 7.49. The third-order valence-corrected chi connectivity index (χ3v) is 2.74. The monoisotopic (exact) mass is 183 g/mol. The smallest absolute Gasteiger partial charge is 0.359 e. The normalized spacial score (nSPS) is 23.8. The molecule has 0 unspecified atom stereocenters. The van der Waals surface area contributed by atoms with Crippen molar-refractivity contribution < 1.29 is 9.31 Å². The second-order valence-electron chi connectivity index (χ2n) is 2.71. The van der Waals surface area contributed by atoms with Crippen molar-refractivity contribution in [1.29, 1.82) is 0 Å². The zero-order valence-electron chi connectivity index (χ0n) is 6.82. The summed E-state index contributed by atoms with van der Waals surface area (Å²) in [4.78, 5) is 5.29. The first-order valence-corrected chi connectivity index (χ1v) is 4.78. The van der Waals surface area contributed by atoms with Crippen LogP contribution in [0.1, 0.15) is 0 Å². The molecule has 4 heteroatoms. The lowest BCUT2D eigenvalue weighted by molar-refractivity contribution is -0.547. The quantitative estimate of drug-likeness (QED) is 0.517. The summed E-state index contributed by atoms with van der Waals surface area (Å²) in [7, 11) is 0. The minimum Gasteiger partial charge on any atom is -0.373 e. The van der Waals surface area contributed by atoms with Crippen molar-refractivity contribution in [3.05, 3.63) is 11.5 Å². The third kappa shape index (κ3) is 1.59. The molecule has 1 saturated heterocycles. The Labute approximate surface area is 75.8 Å². The molecule has 64 valence electrons. The van der Waals surface area contributed by atoms with E-state index in [0.29, 0.717) is 0 Å². The van der Waals surface area contributed by atoms with Crippen LogP contribution in [0.15, 0.2) is 16.5 Å². The Morgan fingerprint density at radius 3 is 2.83 bits per heavy atom. The number of hydrogen-bond donors (Lipinski definition) is 0. The van der Waals surface area contributed by atoms with Crippen molar-refractivity contribution in [2.24, 2.45) is 4.99 Å². The van der Waals surface area contributed by atoms with Crippen molar-refractivity contribution >= 4 is 23.1 Å². The first-order valence-electron chi connectivity index (χ1n) is 3.97. The zero-order chi connectivity index (χ0) is 8.39. The number of aliphatic imine (C=N–C) groups is 1.